The van der Waals surface area contributed by atoms with Gasteiger partial charge in [0.25, 0.3) is 5.91 Å². The molecule has 3 rings (SSSR count). The maximum Gasteiger partial charge on any atom is 0.251 e. The van der Waals surface area contributed by atoms with Crippen LogP contribution in [-0.2, 0) is 0 Å². The zero-order valence-corrected chi connectivity index (χ0v) is 10.9. The fraction of sp³-hybridized carbons (Fsp3) is 0.533. The van der Waals surface area contributed by atoms with E-state index in [4.69, 9.17) is 0 Å². The quantitative estimate of drug-likeness (QED) is 0.850. The summed E-state index contributed by atoms with van der Waals surface area (Å²) in [5.74, 6) is 1.92. The van der Waals surface area contributed by atoms with Gasteiger partial charge in [0.15, 0.2) is 0 Å². The summed E-state index contributed by atoms with van der Waals surface area (Å²) in [4.78, 5) is 12.1. The molecule has 18 heavy (non-hydrogen) atoms. The van der Waals surface area contributed by atoms with Gasteiger partial charge in [0.05, 0.1) is 0 Å². The van der Waals surface area contributed by atoms with Crippen molar-refractivity contribution in [2.45, 2.75) is 25.8 Å². The molecule has 1 aliphatic carbocycles. The Morgan fingerprint density at radius 2 is 1.83 bits per heavy atom. The number of hydrogen-bond donors (Lipinski definition) is 2. The fourth-order valence-corrected chi connectivity index (χ4v) is 2.89. The Labute approximate surface area is 108 Å². The molecular weight excluding hydrogens is 224 g/mol. The topological polar surface area (TPSA) is 41.1 Å². The summed E-state index contributed by atoms with van der Waals surface area (Å²) in [6.45, 7) is 6.44. The predicted molar refractivity (Wildman–Crippen MR) is 71.6 cm³/mol. The summed E-state index contributed by atoms with van der Waals surface area (Å²) in [5, 5.41) is 6.48. The number of hydrogen-bond acceptors (Lipinski definition) is 2. The highest BCUT2D eigenvalue weighted by Crippen LogP contribution is 2.41. The molecule has 1 saturated heterocycles. The van der Waals surface area contributed by atoms with Crippen molar-refractivity contribution in [2.24, 2.45) is 11.8 Å². The molecule has 0 aromatic heterocycles. The van der Waals surface area contributed by atoms with Gasteiger partial charge >= 0.3 is 0 Å². The van der Waals surface area contributed by atoms with Crippen molar-refractivity contribution in [1.29, 1.82) is 0 Å². The van der Waals surface area contributed by atoms with E-state index in [9.17, 15) is 4.79 Å². The average Bonchev–Trinajstić information content (AvgIpc) is 2.82. The van der Waals surface area contributed by atoms with Crippen molar-refractivity contribution in [3.8, 4) is 0 Å². The normalized spacial score (nSPS) is 29.2. The van der Waals surface area contributed by atoms with Crippen LogP contribution in [0.15, 0.2) is 24.3 Å². The van der Waals surface area contributed by atoms with Gasteiger partial charge in [-0.3, -0.25) is 4.79 Å². The number of benzene rings is 1. The monoisotopic (exact) mass is 244 g/mol. The highest BCUT2D eigenvalue weighted by molar-refractivity contribution is 5.94. The number of rotatable bonds is 3. The first-order valence-corrected chi connectivity index (χ1v) is 6.78. The van der Waals surface area contributed by atoms with E-state index in [0.717, 1.165) is 18.7 Å². The first-order valence-electron chi connectivity index (χ1n) is 6.78. The van der Waals surface area contributed by atoms with E-state index in [0.29, 0.717) is 23.8 Å². The molecule has 1 unspecified atom stereocenters. The SMILES string of the molecule is CC(C)c1ccc(C(=O)NC2[C@H]3CNC[C@@H]23)cc1. The molecule has 0 bridgehead atoms. The van der Waals surface area contributed by atoms with Gasteiger partial charge in [0.1, 0.15) is 0 Å². The molecule has 3 heteroatoms. The van der Waals surface area contributed by atoms with Crippen LogP contribution in [0.4, 0.5) is 0 Å². The molecule has 1 aromatic rings. The summed E-state index contributed by atoms with van der Waals surface area (Å²) in [5.41, 5.74) is 2.05. The van der Waals surface area contributed by atoms with Gasteiger partial charge in [-0.15, -0.1) is 0 Å². The van der Waals surface area contributed by atoms with Gasteiger partial charge in [0.2, 0.25) is 0 Å². The Hall–Kier alpha value is -1.35. The van der Waals surface area contributed by atoms with Gasteiger partial charge in [-0.05, 0) is 35.4 Å². The fourth-order valence-electron chi connectivity index (χ4n) is 2.89. The van der Waals surface area contributed by atoms with E-state index >= 15 is 0 Å². The lowest BCUT2D eigenvalue weighted by Crippen LogP contribution is -2.32. The lowest BCUT2D eigenvalue weighted by Gasteiger charge is -2.09. The van der Waals surface area contributed by atoms with Gasteiger partial charge in [0, 0.05) is 24.7 Å². The number of amides is 1. The Morgan fingerprint density at radius 3 is 2.39 bits per heavy atom. The number of fused-ring (bicyclic) bond motifs is 1. The summed E-state index contributed by atoms with van der Waals surface area (Å²) in [7, 11) is 0. The Bertz CT molecular complexity index is 442. The second kappa shape index (κ2) is 4.39. The molecule has 1 aromatic carbocycles. The van der Waals surface area contributed by atoms with E-state index in [1.807, 2.05) is 12.1 Å². The van der Waals surface area contributed by atoms with Gasteiger partial charge < -0.3 is 10.6 Å². The average molecular weight is 244 g/mol. The molecule has 3 atom stereocenters. The van der Waals surface area contributed by atoms with Crippen LogP contribution >= 0.6 is 0 Å². The van der Waals surface area contributed by atoms with Crippen molar-refractivity contribution in [3.05, 3.63) is 35.4 Å². The third-order valence-corrected chi connectivity index (χ3v) is 4.23. The predicted octanol–water partition coefficient (Wildman–Crippen LogP) is 1.76. The molecule has 1 aliphatic heterocycles. The largest absolute Gasteiger partial charge is 0.349 e. The summed E-state index contributed by atoms with van der Waals surface area (Å²) >= 11 is 0. The highest BCUT2D eigenvalue weighted by Gasteiger charge is 2.53. The molecule has 2 fully saturated rings. The number of nitrogens with one attached hydrogen (secondary N) is 2. The molecule has 96 valence electrons. The molecule has 0 spiro atoms. The van der Waals surface area contributed by atoms with Gasteiger partial charge in [-0.1, -0.05) is 26.0 Å². The van der Waals surface area contributed by atoms with E-state index in [1.165, 1.54) is 5.56 Å². The van der Waals surface area contributed by atoms with Crippen LogP contribution in [0, 0.1) is 11.8 Å². The lowest BCUT2D eigenvalue weighted by atomic mass is 10.0. The third-order valence-electron chi connectivity index (χ3n) is 4.23. The molecule has 1 saturated carbocycles. The van der Waals surface area contributed by atoms with Crippen LogP contribution in [0.2, 0.25) is 0 Å². The lowest BCUT2D eigenvalue weighted by molar-refractivity contribution is 0.0946. The van der Waals surface area contributed by atoms with Crippen LogP contribution in [0.5, 0.6) is 0 Å². The molecule has 2 aliphatic rings. The first kappa shape index (κ1) is 11.7. The molecule has 0 radical (unpaired) electrons. The van der Waals surface area contributed by atoms with Crippen LogP contribution in [0.3, 0.4) is 0 Å². The van der Waals surface area contributed by atoms with E-state index in [1.54, 1.807) is 0 Å². The first-order chi connectivity index (χ1) is 8.66. The standard InChI is InChI=1S/C15H20N2O/c1-9(2)10-3-5-11(6-4-10)15(18)17-14-12-7-16-8-13(12)14/h3-6,9,12-14,16H,7-8H2,1-2H3,(H,17,18)/t12-,13+,14?. The molecule has 1 heterocycles. The summed E-state index contributed by atoms with van der Waals surface area (Å²) in [6.07, 6.45) is 0. The van der Waals surface area contributed by atoms with Crippen molar-refractivity contribution < 1.29 is 4.79 Å². The van der Waals surface area contributed by atoms with Crippen molar-refractivity contribution in [3.63, 3.8) is 0 Å². The maximum absolute atomic E-state index is 12.1. The Kier molecular flexibility index (Phi) is 2.86. The molecule has 2 N–H and O–H groups in total. The van der Waals surface area contributed by atoms with Crippen LogP contribution in [0.25, 0.3) is 0 Å². The summed E-state index contributed by atoms with van der Waals surface area (Å²) < 4.78 is 0. The minimum absolute atomic E-state index is 0.0738. The minimum Gasteiger partial charge on any atom is -0.349 e. The third kappa shape index (κ3) is 2.03. The van der Waals surface area contributed by atoms with Crippen molar-refractivity contribution >= 4 is 5.91 Å². The highest BCUT2D eigenvalue weighted by atomic mass is 16.1. The Balaban J connectivity index is 1.62. The van der Waals surface area contributed by atoms with E-state index in [-0.39, 0.29) is 5.91 Å². The van der Waals surface area contributed by atoms with E-state index in [2.05, 4.69) is 36.6 Å². The van der Waals surface area contributed by atoms with Crippen LogP contribution in [-0.4, -0.2) is 25.0 Å². The zero-order valence-electron chi connectivity index (χ0n) is 10.9. The summed E-state index contributed by atoms with van der Waals surface area (Å²) in [6, 6.07) is 8.37. The second-order valence-electron chi connectivity index (χ2n) is 5.76. The molecular formula is C15H20N2O. The maximum atomic E-state index is 12.1. The van der Waals surface area contributed by atoms with Gasteiger partial charge in [-0.25, -0.2) is 0 Å². The van der Waals surface area contributed by atoms with Crippen molar-refractivity contribution in [1.82, 2.24) is 10.6 Å². The number of carbonyl (C=O) groups excluding carboxylic acids is 1. The Morgan fingerprint density at radius 1 is 1.22 bits per heavy atom. The second-order valence-corrected chi connectivity index (χ2v) is 5.76. The van der Waals surface area contributed by atoms with Crippen molar-refractivity contribution in [2.75, 3.05) is 13.1 Å². The smallest absolute Gasteiger partial charge is 0.251 e. The number of piperidine rings is 1. The number of carbonyl (C=O) groups is 1. The van der Waals surface area contributed by atoms with Crippen LogP contribution < -0.4 is 10.6 Å². The minimum atomic E-state index is 0.0738. The molecule has 3 nitrogen and oxygen atoms in total. The zero-order chi connectivity index (χ0) is 12.7. The van der Waals surface area contributed by atoms with E-state index < -0.39 is 0 Å². The van der Waals surface area contributed by atoms with Crippen LogP contribution in [0.1, 0.15) is 35.7 Å². The van der Waals surface area contributed by atoms with Gasteiger partial charge in [-0.2, -0.15) is 0 Å². The molecule has 1 amide bonds.